The van der Waals surface area contributed by atoms with Crippen molar-refractivity contribution in [1.29, 1.82) is 5.26 Å². The summed E-state index contributed by atoms with van der Waals surface area (Å²) in [6.07, 6.45) is 1.93. The van der Waals surface area contributed by atoms with Gasteiger partial charge in [-0.25, -0.2) is 9.78 Å². The summed E-state index contributed by atoms with van der Waals surface area (Å²) in [5, 5.41) is 20.7. The zero-order valence-electron chi connectivity index (χ0n) is 9.67. The lowest BCUT2D eigenvalue weighted by molar-refractivity contribution is -0.149. The van der Waals surface area contributed by atoms with E-state index >= 15 is 0 Å². The van der Waals surface area contributed by atoms with Crippen LogP contribution in [0.2, 0.25) is 0 Å². The first-order chi connectivity index (χ1) is 8.70. The highest BCUT2D eigenvalue weighted by atomic mass is 16.5. The smallest absolute Gasteiger partial charge is 0.332 e. The molecule has 0 amide bonds. The summed E-state index contributed by atoms with van der Waals surface area (Å²) in [7, 11) is 0. The average Bonchev–Trinajstić information content (AvgIpc) is 2.85. The molecule has 2 unspecified atom stereocenters. The molecule has 1 aliphatic rings. The van der Waals surface area contributed by atoms with Crippen LogP contribution in [0.3, 0.4) is 0 Å². The molecule has 0 aliphatic carbocycles. The maximum Gasteiger partial charge on any atom is 0.332 e. The molecule has 0 saturated carbocycles. The number of hydrogen-bond donors (Lipinski definition) is 2. The van der Waals surface area contributed by atoms with Crippen LogP contribution < -0.4 is 5.32 Å². The Bertz CT molecular complexity index is 484. The number of hydrogen-bond acceptors (Lipinski definition) is 5. The highest BCUT2D eigenvalue weighted by Crippen LogP contribution is 2.21. The van der Waals surface area contributed by atoms with E-state index in [4.69, 9.17) is 15.1 Å². The van der Waals surface area contributed by atoms with Crippen LogP contribution in [0.4, 0.5) is 5.69 Å². The zero-order valence-corrected chi connectivity index (χ0v) is 9.67. The Morgan fingerprint density at radius 3 is 3.17 bits per heavy atom. The molecule has 6 heteroatoms. The van der Waals surface area contributed by atoms with E-state index in [0.717, 1.165) is 0 Å². The third-order valence-corrected chi connectivity index (χ3v) is 2.82. The number of nitrogens with zero attached hydrogens (tertiary/aromatic N) is 2. The van der Waals surface area contributed by atoms with Gasteiger partial charge in [0.25, 0.3) is 0 Å². The van der Waals surface area contributed by atoms with Crippen molar-refractivity contribution in [3.63, 3.8) is 0 Å². The van der Waals surface area contributed by atoms with Crippen molar-refractivity contribution in [2.75, 3.05) is 11.9 Å². The third kappa shape index (κ3) is 2.76. The molecule has 2 heterocycles. The number of anilines is 1. The first-order valence-corrected chi connectivity index (χ1v) is 5.68. The molecule has 1 fully saturated rings. The fourth-order valence-electron chi connectivity index (χ4n) is 1.90. The second kappa shape index (κ2) is 5.47. The van der Waals surface area contributed by atoms with E-state index in [1.807, 2.05) is 6.07 Å². The Morgan fingerprint density at radius 2 is 2.50 bits per heavy atom. The molecule has 1 aliphatic heterocycles. The minimum atomic E-state index is -0.920. The van der Waals surface area contributed by atoms with Gasteiger partial charge in [0.2, 0.25) is 0 Å². The predicted molar refractivity (Wildman–Crippen MR) is 63.0 cm³/mol. The van der Waals surface area contributed by atoms with Crippen molar-refractivity contribution in [2.24, 2.45) is 0 Å². The highest BCUT2D eigenvalue weighted by molar-refractivity contribution is 5.72. The topological polar surface area (TPSA) is 95.2 Å². The number of rotatable bonds is 4. The number of pyridine rings is 1. The van der Waals surface area contributed by atoms with Crippen molar-refractivity contribution in [3.8, 4) is 6.07 Å². The highest BCUT2D eigenvalue weighted by Gasteiger charge is 2.30. The Hall–Kier alpha value is -2.13. The van der Waals surface area contributed by atoms with Gasteiger partial charge < -0.3 is 15.2 Å². The number of ether oxygens (including phenoxy) is 1. The summed E-state index contributed by atoms with van der Waals surface area (Å²) in [4.78, 5) is 14.7. The standard InChI is InChI=1S/C12H13N3O3/c13-6-10-9(2-1-5-14-10)15-7-8-3-4-11(18-8)12(16)17/h1-2,5,8,11,15H,3-4,7H2,(H,16,17). The second-order valence-electron chi connectivity index (χ2n) is 4.05. The largest absolute Gasteiger partial charge is 0.479 e. The molecule has 1 aromatic heterocycles. The Labute approximate surface area is 104 Å². The van der Waals surface area contributed by atoms with Crippen molar-refractivity contribution < 1.29 is 14.6 Å². The van der Waals surface area contributed by atoms with Gasteiger partial charge in [-0.3, -0.25) is 0 Å². The van der Waals surface area contributed by atoms with E-state index in [2.05, 4.69) is 10.3 Å². The van der Waals surface area contributed by atoms with Crippen LogP contribution >= 0.6 is 0 Å². The minimum absolute atomic E-state index is 0.141. The molecule has 6 nitrogen and oxygen atoms in total. The van der Waals surface area contributed by atoms with Crippen molar-refractivity contribution in [3.05, 3.63) is 24.0 Å². The minimum Gasteiger partial charge on any atom is -0.479 e. The van der Waals surface area contributed by atoms with Gasteiger partial charge in [0.15, 0.2) is 11.8 Å². The number of carboxylic acid groups (broad SMARTS) is 1. The van der Waals surface area contributed by atoms with Crippen LogP contribution in [-0.4, -0.2) is 34.8 Å². The van der Waals surface area contributed by atoms with Crippen LogP contribution in [0.1, 0.15) is 18.5 Å². The van der Waals surface area contributed by atoms with Crippen molar-refractivity contribution in [2.45, 2.75) is 25.0 Å². The summed E-state index contributed by atoms with van der Waals surface area (Å²) in [6, 6.07) is 5.48. The first-order valence-electron chi connectivity index (χ1n) is 5.68. The number of carboxylic acids is 1. The van der Waals surface area contributed by atoms with Gasteiger partial charge in [-0.1, -0.05) is 0 Å². The normalized spacial score (nSPS) is 22.4. The molecule has 1 saturated heterocycles. The van der Waals surface area contributed by atoms with Crippen LogP contribution in [0.25, 0.3) is 0 Å². The number of nitriles is 1. The molecular weight excluding hydrogens is 234 g/mol. The molecule has 2 atom stereocenters. The Morgan fingerprint density at radius 1 is 1.67 bits per heavy atom. The van der Waals surface area contributed by atoms with Gasteiger partial charge >= 0.3 is 5.97 Å². The monoisotopic (exact) mass is 247 g/mol. The molecule has 94 valence electrons. The van der Waals surface area contributed by atoms with Gasteiger partial charge in [-0.15, -0.1) is 0 Å². The zero-order chi connectivity index (χ0) is 13.0. The molecule has 1 aromatic rings. The van der Waals surface area contributed by atoms with Crippen LogP contribution in [-0.2, 0) is 9.53 Å². The van der Waals surface area contributed by atoms with E-state index in [9.17, 15) is 4.79 Å². The van der Waals surface area contributed by atoms with Crippen LogP contribution in [0.15, 0.2) is 18.3 Å². The molecule has 0 bridgehead atoms. The molecule has 2 rings (SSSR count). The molecule has 2 N–H and O–H groups in total. The number of carbonyl (C=O) groups is 1. The lowest BCUT2D eigenvalue weighted by atomic mass is 10.2. The average molecular weight is 247 g/mol. The van der Waals surface area contributed by atoms with Crippen molar-refractivity contribution in [1.82, 2.24) is 4.98 Å². The number of nitrogens with one attached hydrogen (secondary N) is 1. The fraction of sp³-hybridized carbons (Fsp3) is 0.417. The van der Waals surface area contributed by atoms with Gasteiger partial charge in [0.05, 0.1) is 11.8 Å². The summed E-state index contributed by atoms with van der Waals surface area (Å²) in [5.74, 6) is -0.920. The van der Waals surface area contributed by atoms with Crippen molar-refractivity contribution >= 4 is 11.7 Å². The molecule has 0 spiro atoms. The molecule has 0 radical (unpaired) electrons. The summed E-state index contributed by atoms with van der Waals surface area (Å²) >= 11 is 0. The predicted octanol–water partition coefficient (Wildman–Crippen LogP) is 0.997. The van der Waals surface area contributed by atoms with E-state index in [-0.39, 0.29) is 6.10 Å². The second-order valence-corrected chi connectivity index (χ2v) is 4.05. The van der Waals surface area contributed by atoms with Gasteiger partial charge in [-0.2, -0.15) is 5.26 Å². The molecule has 18 heavy (non-hydrogen) atoms. The SMILES string of the molecule is N#Cc1ncccc1NCC1CCC(C(=O)O)O1. The summed E-state index contributed by atoms with van der Waals surface area (Å²) < 4.78 is 5.35. The Balaban J connectivity index is 1.89. The van der Waals surface area contributed by atoms with Crippen LogP contribution in [0.5, 0.6) is 0 Å². The van der Waals surface area contributed by atoms with E-state index < -0.39 is 12.1 Å². The maximum atomic E-state index is 10.7. The van der Waals surface area contributed by atoms with Gasteiger partial charge in [0.1, 0.15) is 6.07 Å². The lowest BCUT2D eigenvalue weighted by Gasteiger charge is -2.13. The molecule has 0 aromatic carbocycles. The van der Waals surface area contributed by atoms with Crippen LogP contribution in [0, 0.1) is 11.3 Å². The van der Waals surface area contributed by atoms with E-state index in [1.165, 1.54) is 0 Å². The maximum absolute atomic E-state index is 10.7. The fourth-order valence-corrected chi connectivity index (χ4v) is 1.90. The lowest BCUT2D eigenvalue weighted by Crippen LogP contribution is -2.24. The quantitative estimate of drug-likeness (QED) is 0.824. The van der Waals surface area contributed by atoms with E-state index in [0.29, 0.717) is 30.8 Å². The third-order valence-electron chi connectivity index (χ3n) is 2.82. The van der Waals surface area contributed by atoms with Gasteiger partial charge in [-0.05, 0) is 25.0 Å². The number of aromatic nitrogens is 1. The van der Waals surface area contributed by atoms with E-state index in [1.54, 1.807) is 18.3 Å². The summed E-state index contributed by atoms with van der Waals surface area (Å²) in [5.41, 5.74) is 0.965. The van der Waals surface area contributed by atoms with Gasteiger partial charge in [0, 0.05) is 12.7 Å². The Kier molecular flexibility index (Phi) is 3.75. The molecular formula is C12H13N3O3. The first kappa shape index (κ1) is 12.3. The number of aliphatic carboxylic acids is 1. The summed E-state index contributed by atoms with van der Waals surface area (Å²) in [6.45, 7) is 0.476.